The van der Waals surface area contributed by atoms with E-state index in [-0.39, 0.29) is 5.16 Å². The zero-order valence-corrected chi connectivity index (χ0v) is 11.5. The number of sulfonamides is 1. The van der Waals surface area contributed by atoms with Crippen LogP contribution in [0.2, 0.25) is 0 Å². The molecule has 0 atom stereocenters. The Morgan fingerprint density at radius 2 is 1.67 bits per heavy atom. The van der Waals surface area contributed by atoms with Gasteiger partial charge in [0.15, 0.2) is 0 Å². The Balaban J connectivity index is 2.24. The number of rotatable bonds is 2. The van der Waals surface area contributed by atoms with Gasteiger partial charge in [-0.2, -0.15) is 0 Å². The molecule has 6 nitrogen and oxygen atoms in total. The number of primary sulfonamides is 1. The van der Waals surface area contributed by atoms with E-state index in [1.165, 1.54) is 36.7 Å². The van der Waals surface area contributed by atoms with E-state index in [1.807, 2.05) is 0 Å². The molecule has 0 saturated heterocycles. The molecule has 0 unspecified atom stereocenters. The second-order valence-electron chi connectivity index (χ2n) is 4.99. The van der Waals surface area contributed by atoms with Crippen LogP contribution in [0.3, 0.4) is 0 Å². The molecular weight excluding hydrogens is 252 g/mol. The second-order valence-corrected chi connectivity index (χ2v) is 6.44. The number of aromatic nitrogens is 3. The molecule has 1 aromatic heterocycles. The molecule has 102 valence electrons. The lowest BCUT2D eigenvalue weighted by atomic mass is 9.90. The molecule has 1 heterocycles. The summed E-state index contributed by atoms with van der Waals surface area (Å²) in [6, 6.07) is 0. The van der Waals surface area contributed by atoms with Gasteiger partial charge in [0.2, 0.25) is 0 Å². The Kier molecular flexibility index (Phi) is 4.01. The van der Waals surface area contributed by atoms with E-state index >= 15 is 0 Å². The molecule has 1 aliphatic rings. The Labute approximate surface area is 108 Å². The van der Waals surface area contributed by atoms with E-state index in [9.17, 15) is 8.42 Å². The van der Waals surface area contributed by atoms with Crippen LogP contribution in [-0.4, -0.2) is 23.2 Å². The minimum absolute atomic E-state index is 0.139. The maximum atomic E-state index is 11.3. The van der Waals surface area contributed by atoms with Gasteiger partial charge in [-0.15, -0.1) is 10.2 Å². The summed E-state index contributed by atoms with van der Waals surface area (Å²) in [5, 5.41) is 12.7. The van der Waals surface area contributed by atoms with E-state index in [2.05, 4.69) is 10.2 Å². The summed E-state index contributed by atoms with van der Waals surface area (Å²) in [4.78, 5) is 0. The summed E-state index contributed by atoms with van der Waals surface area (Å²) in [6.45, 7) is 0. The fraction of sp³-hybridized carbons (Fsp3) is 0.818. The first-order valence-electron chi connectivity index (χ1n) is 6.42. The molecule has 1 aromatic rings. The van der Waals surface area contributed by atoms with Crippen LogP contribution in [0.4, 0.5) is 0 Å². The van der Waals surface area contributed by atoms with Crippen LogP contribution in [0, 0.1) is 0 Å². The predicted molar refractivity (Wildman–Crippen MR) is 67.4 cm³/mol. The normalized spacial score (nSPS) is 19.4. The van der Waals surface area contributed by atoms with Gasteiger partial charge < -0.3 is 4.57 Å². The molecule has 18 heavy (non-hydrogen) atoms. The van der Waals surface area contributed by atoms with Gasteiger partial charge in [-0.1, -0.05) is 32.1 Å². The highest BCUT2D eigenvalue weighted by atomic mass is 32.2. The SMILES string of the molecule is Cn1c(C2CCCCCCC2)nnc1S(N)(=O)=O. The minimum Gasteiger partial charge on any atom is -0.304 e. The topological polar surface area (TPSA) is 90.9 Å². The van der Waals surface area contributed by atoms with Crippen molar-refractivity contribution >= 4 is 10.0 Å². The van der Waals surface area contributed by atoms with Crippen LogP contribution < -0.4 is 5.14 Å². The van der Waals surface area contributed by atoms with Crippen molar-refractivity contribution in [2.45, 2.75) is 56.0 Å². The number of hydrogen-bond acceptors (Lipinski definition) is 4. The third-order valence-corrected chi connectivity index (χ3v) is 4.46. The standard InChI is InChI=1S/C11H20N4O2S/c1-15-10(13-14-11(15)18(12,16)17)9-7-5-3-2-4-6-8-9/h9H,2-8H2,1H3,(H2,12,16,17). The average molecular weight is 272 g/mol. The Hall–Kier alpha value is -0.950. The van der Waals surface area contributed by atoms with Gasteiger partial charge in [-0.3, -0.25) is 0 Å². The Bertz CT molecular complexity index is 501. The third kappa shape index (κ3) is 2.89. The fourth-order valence-corrected chi connectivity index (χ4v) is 3.27. The number of nitrogens with two attached hydrogens (primary N) is 1. The zero-order chi connectivity index (χ0) is 13.2. The molecule has 1 fully saturated rings. The molecule has 1 saturated carbocycles. The van der Waals surface area contributed by atoms with E-state index in [0.717, 1.165) is 18.7 Å². The average Bonchev–Trinajstić information content (AvgIpc) is 2.59. The van der Waals surface area contributed by atoms with Gasteiger partial charge in [-0.25, -0.2) is 13.6 Å². The molecule has 0 spiro atoms. The monoisotopic (exact) mass is 272 g/mol. The van der Waals surface area contributed by atoms with Crippen molar-refractivity contribution in [3.05, 3.63) is 5.82 Å². The maximum Gasteiger partial charge on any atom is 0.273 e. The molecule has 7 heteroatoms. The minimum atomic E-state index is -3.78. The molecule has 0 aliphatic heterocycles. The first-order chi connectivity index (χ1) is 8.50. The molecule has 0 aromatic carbocycles. The van der Waals surface area contributed by atoms with Crippen molar-refractivity contribution in [3.8, 4) is 0 Å². The third-order valence-electron chi connectivity index (χ3n) is 3.59. The lowest BCUT2D eigenvalue weighted by Gasteiger charge is -2.18. The van der Waals surface area contributed by atoms with Crippen LogP contribution in [0.25, 0.3) is 0 Å². The van der Waals surface area contributed by atoms with E-state index < -0.39 is 10.0 Å². The molecule has 0 amide bonds. The lowest BCUT2D eigenvalue weighted by molar-refractivity contribution is 0.432. The van der Waals surface area contributed by atoms with E-state index in [0.29, 0.717) is 5.92 Å². The van der Waals surface area contributed by atoms with Crippen LogP contribution in [0.1, 0.15) is 56.7 Å². The van der Waals surface area contributed by atoms with Gasteiger partial charge in [0.05, 0.1) is 0 Å². The number of hydrogen-bond donors (Lipinski definition) is 1. The van der Waals surface area contributed by atoms with Crippen molar-refractivity contribution in [2.24, 2.45) is 12.2 Å². The Morgan fingerprint density at radius 1 is 1.11 bits per heavy atom. The van der Waals surface area contributed by atoms with E-state index in [4.69, 9.17) is 5.14 Å². The van der Waals surface area contributed by atoms with Crippen molar-refractivity contribution in [3.63, 3.8) is 0 Å². The predicted octanol–water partition coefficient (Wildman–Crippen LogP) is 1.29. The van der Waals surface area contributed by atoms with Gasteiger partial charge in [0, 0.05) is 13.0 Å². The Morgan fingerprint density at radius 3 is 2.17 bits per heavy atom. The summed E-state index contributed by atoms with van der Waals surface area (Å²) < 4.78 is 24.2. The van der Waals surface area contributed by atoms with Gasteiger partial charge in [0.1, 0.15) is 5.82 Å². The molecule has 0 radical (unpaired) electrons. The van der Waals surface area contributed by atoms with E-state index in [1.54, 1.807) is 7.05 Å². The van der Waals surface area contributed by atoms with Gasteiger partial charge >= 0.3 is 0 Å². The van der Waals surface area contributed by atoms with Crippen LogP contribution in [0.15, 0.2) is 5.16 Å². The second kappa shape index (κ2) is 5.36. The molecule has 2 N–H and O–H groups in total. The van der Waals surface area contributed by atoms with Crippen LogP contribution in [0.5, 0.6) is 0 Å². The quantitative estimate of drug-likeness (QED) is 0.878. The largest absolute Gasteiger partial charge is 0.304 e. The van der Waals surface area contributed by atoms with Crippen molar-refractivity contribution in [1.29, 1.82) is 0 Å². The highest BCUT2D eigenvalue weighted by Gasteiger charge is 2.24. The molecule has 1 aliphatic carbocycles. The van der Waals surface area contributed by atoms with Crippen LogP contribution in [-0.2, 0) is 17.1 Å². The fourth-order valence-electron chi connectivity index (χ4n) is 2.64. The highest BCUT2D eigenvalue weighted by molar-refractivity contribution is 7.89. The zero-order valence-electron chi connectivity index (χ0n) is 10.7. The summed E-state index contributed by atoms with van der Waals surface area (Å²) >= 11 is 0. The summed E-state index contributed by atoms with van der Waals surface area (Å²) in [5.41, 5.74) is 0. The summed E-state index contributed by atoms with van der Waals surface area (Å²) in [6.07, 6.45) is 8.23. The molecule has 0 bridgehead atoms. The lowest BCUT2D eigenvalue weighted by Crippen LogP contribution is -2.18. The van der Waals surface area contributed by atoms with Gasteiger partial charge in [-0.05, 0) is 12.8 Å². The maximum absolute atomic E-state index is 11.3. The first kappa shape index (κ1) is 13.5. The summed E-state index contributed by atoms with van der Waals surface area (Å²) in [7, 11) is -2.10. The number of nitrogens with zero attached hydrogens (tertiary/aromatic N) is 3. The first-order valence-corrected chi connectivity index (χ1v) is 7.97. The van der Waals surface area contributed by atoms with Gasteiger partial charge in [0.25, 0.3) is 15.2 Å². The van der Waals surface area contributed by atoms with Crippen molar-refractivity contribution in [1.82, 2.24) is 14.8 Å². The van der Waals surface area contributed by atoms with Crippen molar-refractivity contribution < 1.29 is 8.42 Å². The smallest absolute Gasteiger partial charge is 0.273 e. The molecular formula is C11H20N4O2S. The van der Waals surface area contributed by atoms with Crippen LogP contribution >= 0.6 is 0 Å². The van der Waals surface area contributed by atoms with Crippen molar-refractivity contribution in [2.75, 3.05) is 0 Å². The highest BCUT2D eigenvalue weighted by Crippen LogP contribution is 2.30. The molecule has 2 rings (SSSR count). The summed E-state index contributed by atoms with van der Waals surface area (Å²) in [5.74, 6) is 1.05.